The second kappa shape index (κ2) is 8.12. The zero-order valence-electron chi connectivity index (χ0n) is 11.2. The van der Waals surface area contributed by atoms with Crippen LogP contribution in [0.1, 0.15) is 53.9 Å². The summed E-state index contributed by atoms with van der Waals surface area (Å²) in [5, 5.41) is 3.41. The van der Waals surface area contributed by atoms with Crippen molar-refractivity contribution >= 4 is 0 Å². The number of nitrogens with one attached hydrogen (secondary N) is 1. The largest absolute Gasteiger partial charge is 0.374 e. The predicted octanol–water partition coefficient (Wildman–Crippen LogP) is 3.22. The first-order valence-corrected chi connectivity index (χ1v) is 6.36. The van der Waals surface area contributed by atoms with Gasteiger partial charge >= 0.3 is 0 Å². The van der Waals surface area contributed by atoms with E-state index < -0.39 is 0 Å². The molecule has 0 fully saturated rings. The molecule has 0 aliphatic rings. The van der Waals surface area contributed by atoms with E-state index in [0.29, 0.717) is 5.92 Å². The van der Waals surface area contributed by atoms with Crippen molar-refractivity contribution in [1.29, 1.82) is 0 Å². The monoisotopic (exact) mass is 215 g/mol. The second-order valence-corrected chi connectivity index (χ2v) is 5.14. The Labute approximate surface area is 95.8 Å². The maximum atomic E-state index is 5.93. The highest BCUT2D eigenvalue weighted by atomic mass is 16.5. The lowest BCUT2D eigenvalue weighted by atomic mass is 10.1. The van der Waals surface area contributed by atoms with Gasteiger partial charge in [0.1, 0.15) is 0 Å². The molecule has 0 aliphatic carbocycles. The summed E-state index contributed by atoms with van der Waals surface area (Å²) in [5.41, 5.74) is -0.0306. The van der Waals surface area contributed by atoms with Crippen LogP contribution in [-0.4, -0.2) is 25.3 Å². The van der Waals surface area contributed by atoms with Crippen LogP contribution in [0.3, 0.4) is 0 Å². The molecule has 0 heterocycles. The fourth-order valence-electron chi connectivity index (χ4n) is 1.56. The molecule has 1 N–H and O–H groups in total. The quantitative estimate of drug-likeness (QED) is 0.596. The molecule has 0 bridgehead atoms. The highest BCUT2D eigenvalue weighted by molar-refractivity contribution is 4.72. The lowest BCUT2D eigenvalue weighted by Gasteiger charge is -2.27. The summed E-state index contributed by atoms with van der Waals surface area (Å²) in [6.07, 6.45) is 3.69. The van der Waals surface area contributed by atoms with Gasteiger partial charge in [-0.25, -0.2) is 0 Å². The normalized spacial score (nSPS) is 14.2. The van der Waals surface area contributed by atoms with Crippen molar-refractivity contribution in [2.24, 2.45) is 5.92 Å². The lowest BCUT2D eigenvalue weighted by molar-refractivity contribution is -0.0325. The third-order valence-electron chi connectivity index (χ3n) is 2.52. The molecule has 0 spiro atoms. The van der Waals surface area contributed by atoms with Gasteiger partial charge < -0.3 is 10.1 Å². The van der Waals surface area contributed by atoms with E-state index in [-0.39, 0.29) is 5.60 Å². The Morgan fingerprint density at radius 1 is 1.20 bits per heavy atom. The first-order chi connectivity index (χ1) is 7.02. The van der Waals surface area contributed by atoms with Crippen LogP contribution in [0.2, 0.25) is 0 Å². The summed E-state index contributed by atoms with van der Waals surface area (Å²) in [5.74, 6) is 0.681. The molecule has 0 aromatic heterocycles. The van der Waals surface area contributed by atoms with Crippen LogP contribution < -0.4 is 5.32 Å². The Morgan fingerprint density at radius 3 is 2.40 bits per heavy atom. The smallest absolute Gasteiger partial charge is 0.0750 e. The van der Waals surface area contributed by atoms with Crippen molar-refractivity contribution in [2.45, 2.75) is 59.5 Å². The van der Waals surface area contributed by atoms with Crippen molar-refractivity contribution in [3.8, 4) is 0 Å². The third kappa shape index (κ3) is 8.88. The van der Waals surface area contributed by atoms with Gasteiger partial charge in [0.05, 0.1) is 5.60 Å². The molecule has 0 amide bonds. The molecule has 1 unspecified atom stereocenters. The molecule has 0 aromatic rings. The minimum Gasteiger partial charge on any atom is -0.374 e. The molecule has 0 radical (unpaired) electrons. The van der Waals surface area contributed by atoms with Crippen molar-refractivity contribution < 1.29 is 4.74 Å². The minimum atomic E-state index is -0.0306. The average molecular weight is 215 g/mol. The molecule has 15 heavy (non-hydrogen) atoms. The standard InChI is InChI=1S/C13H29NO/c1-6-8-12(3)10-15-13(4,5)11-14-9-7-2/h12,14H,6-11H2,1-5H3. The van der Waals surface area contributed by atoms with E-state index >= 15 is 0 Å². The Hall–Kier alpha value is -0.0800. The van der Waals surface area contributed by atoms with Gasteiger partial charge in [-0.1, -0.05) is 27.2 Å². The number of hydrogen-bond acceptors (Lipinski definition) is 2. The highest BCUT2D eigenvalue weighted by Gasteiger charge is 2.18. The summed E-state index contributed by atoms with van der Waals surface area (Å²) >= 11 is 0. The minimum absolute atomic E-state index is 0.0306. The van der Waals surface area contributed by atoms with E-state index in [4.69, 9.17) is 4.74 Å². The van der Waals surface area contributed by atoms with E-state index in [1.165, 1.54) is 19.3 Å². The number of hydrogen-bond donors (Lipinski definition) is 1. The second-order valence-electron chi connectivity index (χ2n) is 5.14. The molecule has 2 nitrogen and oxygen atoms in total. The molecular formula is C13H29NO. The van der Waals surface area contributed by atoms with Gasteiger partial charge in [0.2, 0.25) is 0 Å². The molecule has 1 atom stereocenters. The molecular weight excluding hydrogens is 186 g/mol. The maximum Gasteiger partial charge on any atom is 0.0750 e. The van der Waals surface area contributed by atoms with Crippen LogP contribution in [0.5, 0.6) is 0 Å². The Morgan fingerprint density at radius 2 is 1.87 bits per heavy atom. The van der Waals surface area contributed by atoms with E-state index in [1.807, 2.05) is 0 Å². The van der Waals surface area contributed by atoms with Crippen LogP contribution in [0.15, 0.2) is 0 Å². The fraction of sp³-hybridized carbons (Fsp3) is 1.00. The molecule has 92 valence electrons. The average Bonchev–Trinajstić information content (AvgIpc) is 2.16. The van der Waals surface area contributed by atoms with E-state index in [9.17, 15) is 0 Å². The van der Waals surface area contributed by atoms with Gasteiger partial charge in [0, 0.05) is 13.2 Å². The Kier molecular flexibility index (Phi) is 8.07. The summed E-state index contributed by atoms with van der Waals surface area (Å²) in [6.45, 7) is 13.9. The van der Waals surface area contributed by atoms with E-state index in [1.54, 1.807) is 0 Å². The topological polar surface area (TPSA) is 21.3 Å². The summed E-state index contributed by atoms with van der Waals surface area (Å²) in [6, 6.07) is 0. The zero-order chi connectivity index (χ0) is 11.7. The van der Waals surface area contributed by atoms with Gasteiger partial charge in [-0.2, -0.15) is 0 Å². The number of rotatable bonds is 9. The molecule has 0 aromatic carbocycles. The molecule has 0 saturated heterocycles. The van der Waals surface area contributed by atoms with Gasteiger partial charge in [0.15, 0.2) is 0 Å². The Bertz CT molecular complexity index is 145. The molecule has 0 saturated carbocycles. The lowest BCUT2D eigenvalue weighted by Crippen LogP contribution is -2.39. The van der Waals surface area contributed by atoms with Crippen molar-refractivity contribution in [3.63, 3.8) is 0 Å². The van der Waals surface area contributed by atoms with Crippen molar-refractivity contribution in [3.05, 3.63) is 0 Å². The highest BCUT2D eigenvalue weighted by Crippen LogP contribution is 2.12. The van der Waals surface area contributed by atoms with E-state index in [2.05, 4.69) is 39.9 Å². The fourth-order valence-corrected chi connectivity index (χ4v) is 1.56. The van der Waals surface area contributed by atoms with E-state index in [0.717, 1.165) is 19.7 Å². The van der Waals surface area contributed by atoms with Crippen LogP contribution in [0.4, 0.5) is 0 Å². The van der Waals surface area contributed by atoms with Crippen LogP contribution in [-0.2, 0) is 4.74 Å². The maximum absolute atomic E-state index is 5.93. The van der Waals surface area contributed by atoms with Gasteiger partial charge in [0.25, 0.3) is 0 Å². The summed E-state index contributed by atoms with van der Waals surface area (Å²) in [7, 11) is 0. The Balaban J connectivity index is 3.62. The van der Waals surface area contributed by atoms with Gasteiger partial charge in [-0.15, -0.1) is 0 Å². The van der Waals surface area contributed by atoms with Gasteiger partial charge in [-0.3, -0.25) is 0 Å². The first kappa shape index (κ1) is 14.9. The number of ether oxygens (including phenoxy) is 1. The third-order valence-corrected chi connectivity index (χ3v) is 2.52. The summed E-state index contributed by atoms with van der Waals surface area (Å²) < 4.78 is 5.93. The van der Waals surface area contributed by atoms with Crippen LogP contribution in [0.25, 0.3) is 0 Å². The predicted molar refractivity (Wildman–Crippen MR) is 67.3 cm³/mol. The first-order valence-electron chi connectivity index (χ1n) is 6.36. The molecule has 0 aliphatic heterocycles. The van der Waals surface area contributed by atoms with Gasteiger partial charge in [-0.05, 0) is 39.2 Å². The van der Waals surface area contributed by atoms with Crippen molar-refractivity contribution in [1.82, 2.24) is 5.32 Å². The molecule has 2 heteroatoms. The summed E-state index contributed by atoms with van der Waals surface area (Å²) in [4.78, 5) is 0. The molecule has 0 rings (SSSR count). The van der Waals surface area contributed by atoms with Crippen molar-refractivity contribution in [2.75, 3.05) is 19.7 Å². The SMILES string of the molecule is CCCNCC(C)(C)OCC(C)CCC. The van der Waals surface area contributed by atoms with Crippen LogP contribution >= 0.6 is 0 Å². The van der Waals surface area contributed by atoms with Crippen LogP contribution in [0, 0.1) is 5.92 Å². The zero-order valence-corrected chi connectivity index (χ0v) is 11.2.